The number of thioether (sulfide) groups is 1. The van der Waals surface area contributed by atoms with Crippen molar-refractivity contribution >= 4 is 22.9 Å². The normalized spacial score (nSPS) is 18.6. The quantitative estimate of drug-likeness (QED) is 0.837. The van der Waals surface area contributed by atoms with E-state index in [1.807, 2.05) is 0 Å². The lowest BCUT2D eigenvalue weighted by molar-refractivity contribution is -0.137. The maximum atomic E-state index is 13.9. The van der Waals surface area contributed by atoms with Crippen molar-refractivity contribution in [1.82, 2.24) is 4.90 Å². The summed E-state index contributed by atoms with van der Waals surface area (Å²) in [6.45, 7) is 1.95. The topological polar surface area (TPSA) is 52.9 Å². The first-order valence-corrected chi connectivity index (χ1v) is 9.45. The molecule has 0 spiro atoms. The van der Waals surface area contributed by atoms with Gasteiger partial charge < -0.3 is 10.0 Å². The molecule has 1 heterocycles. The Morgan fingerprint density at radius 3 is 2.92 bits per heavy atom. The van der Waals surface area contributed by atoms with E-state index in [1.165, 1.54) is 23.4 Å². The fourth-order valence-corrected chi connectivity index (χ4v) is 4.19. The van der Waals surface area contributed by atoms with E-state index in [0.717, 1.165) is 37.1 Å². The zero-order valence-corrected chi connectivity index (χ0v) is 15.0. The van der Waals surface area contributed by atoms with Gasteiger partial charge >= 0.3 is 5.97 Å². The maximum Gasteiger partial charge on any atom is 0.323 e. The number of hydrogen-bond donors (Lipinski definition) is 1. The molecule has 1 aromatic rings. The van der Waals surface area contributed by atoms with Crippen LogP contribution in [0.25, 0.3) is 0 Å². The van der Waals surface area contributed by atoms with E-state index in [2.05, 4.69) is 13.0 Å². The van der Waals surface area contributed by atoms with Crippen LogP contribution in [0.5, 0.6) is 0 Å². The molecular formula is C19H21FN2O2S. The standard InChI is InChI=1S/C19H21FN2O2S/c1-2-6-16-14-8-5-10-17(14)22(11-18(23)24)19(21-16)25-12-13-7-3-4-9-15(13)20/h3-4,6-7,9H,2,5,8,10-12H2,1H3,(H,23,24). The van der Waals surface area contributed by atoms with Crippen LogP contribution < -0.4 is 0 Å². The van der Waals surface area contributed by atoms with Crippen LogP contribution in [0, 0.1) is 5.82 Å². The molecule has 0 bridgehead atoms. The third-order valence-electron chi connectivity index (χ3n) is 4.28. The van der Waals surface area contributed by atoms with Gasteiger partial charge in [0.05, 0.1) is 5.70 Å². The average molecular weight is 360 g/mol. The molecule has 0 unspecified atom stereocenters. The Kier molecular flexibility index (Phi) is 5.58. The SMILES string of the molecule is CCC=C1N=C(SCc2ccccc2F)N(CC(=O)O)C2=C1CCC2. The van der Waals surface area contributed by atoms with E-state index in [9.17, 15) is 14.3 Å². The van der Waals surface area contributed by atoms with Crippen molar-refractivity contribution in [3.63, 3.8) is 0 Å². The van der Waals surface area contributed by atoms with Crippen LogP contribution in [0.15, 0.2) is 52.3 Å². The van der Waals surface area contributed by atoms with E-state index < -0.39 is 5.97 Å². The van der Waals surface area contributed by atoms with Crippen molar-refractivity contribution in [2.45, 2.75) is 38.4 Å². The third-order valence-corrected chi connectivity index (χ3v) is 5.30. The van der Waals surface area contributed by atoms with Gasteiger partial charge in [0, 0.05) is 11.4 Å². The lowest BCUT2D eigenvalue weighted by atomic mass is 10.1. The number of aliphatic carboxylic acids is 1. The Balaban J connectivity index is 1.88. The summed E-state index contributed by atoms with van der Waals surface area (Å²) in [7, 11) is 0. The number of carboxylic acid groups (broad SMARTS) is 1. The van der Waals surface area contributed by atoms with Gasteiger partial charge in [-0.1, -0.05) is 43.0 Å². The van der Waals surface area contributed by atoms with Gasteiger partial charge in [0.2, 0.25) is 0 Å². The predicted octanol–water partition coefficient (Wildman–Crippen LogP) is 4.55. The van der Waals surface area contributed by atoms with Crippen LogP contribution in [0.4, 0.5) is 4.39 Å². The predicted molar refractivity (Wildman–Crippen MR) is 98.7 cm³/mol. The van der Waals surface area contributed by atoms with Crippen LogP contribution in [0.3, 0.4) is 0 Å². The van der Waals surface area contributed by atoms with Crippen LogP contribution in [0.1, 0.15) is 38.2 Å². The van der Waals surface area contributed by atoms with E-state index >= 15 is 0 Å². The molecule has 0 saturated carbocycles. The summed E-state index contributed by atoms with van der Waals surface area (Å²) in [6, 6.07) is 6.65. The second-order valence-electron chi connectivity index (χ2n) is 6.03. The Hall–Kier alpha value is -2.08. The van der Waals surface area contributed by atoms with Gasteiger partial charge in [-0.2, -0.15) is 0 Å². The Morgan fingerprint density at radius 2 is 2.20 bits per heavy atom. The highest BCUT2D eigenvalue weighted by Gasteiger charge is 2.31. The molecular weight excluding hydrogens is 339 g/mol. The Labute approximate surface area is 151 Å². The monoisotopic (exact) mass is 360 g/mol. The molecule has 132 valence electrons. The van der Waals surface area contributed by atoms with Gasteiger partial charge in [-0.05, 0) is 42.9 Å². The molecule has 1 aliphatic carbocycles. The molecule has 1 aromatic carbocycles. The maximum absolute atomic E-state index is 13.9. The van der Waals surface area contributed by atoms with Gasteiger partial charge in [0.15, 0.2) is 5.17 Å². The highest BCUT2D eigenvalue weighted by molar-refractivity contribution is 8.13. The van der Waals surface area contributed by atoms with E-state index in [1.54, 1.807) is 23.1 Å². The minimum Gasteiger partial charge on any atom is -0.480 e. The number of carbonyl (C=O) groups is 1. The molecule has 6 heteroatoms. The summed E-state index contributed by atoms with van der Waals surface area (Å²) in [6.07, 6.45) is 5.78. The van der Waals surface area contributed by atoms with Gasteiger partial charge in [0.25, 0.3) is 0 Å². The number of allylic oxidation sites excluding steroid dienone is 3. The minimum absolute atomic E-state index is 0.110. The smallest absolute Gasteiger partial charge is 0.323 e. The molecule has 0 fully saturated rings. The van der Waals surface area contributed by atoms with Gasteiger partial charge in [0.1, 0.15) is 12.4 Å². The summed E-state index contributed by atoms with van der Waals surface area (Å²) in [5, 5.41) is 9.94. The summed E-state index contributed by atoms with van der Waals surface area (Å²) in [4.78, 5) is 17.8. The van der Waals surface area contributed by atoms with Gasteiger partial charge in [-0.25, -0.2) is 9.38 Å². The third kappa shape index (κ3) is 3.95. The molecule has 0 amide bonds. The minimum atomic E-state index is -0.888. The van der Waals surface area contributed by atoms with Crippen LogP contribution in [-0.2, 0) is 10.5 Å². The molecule has 0 aromatic heterocycles. The van der Waals surface area contributed by atoms with Crippen molar-refractivity contribution in [2.75, 3.05) is 6.54 Å². The van der Waals surface area contributed by atoms with Crippen molar-refractivity contribution in [3.05, 3.63) is 58.7 Å². The largest absolute Gasteiger partial charge is 0.480 e. The molecule has 1 N–H and O–H groups in total. The molecule has 0 saturated heterocycles. The highest BCUT2D eigenvalue weighted by atomic mass is 32.2. The van der Waals surface area contributed by atoms with Crippen molar-refractivity contribution in [3.8, 4) is 0 Å². The van der Waals surface area contributed by atoms with Gasteiger partial charge in [-0.15, -0.1) is 0 Å². The van der Waals surface area contributed by atoms with Crippen molar-refractivity contribution < 1.29 is 14.3 Å². The number of nitrogens with zero attached hydrogens (tertiary/aromatic N) is 2. The fourth-order valence-electron chi connectivity index (χ4n) is 3.18. The van der Waals surface area contributed by atoms with Crippen LogP contribution in [-0.4, -0.2) is 27.7 Å². The zero-order chi connectivity index (χ0) is 17.8. The summed E-state index contributed by atoms with van der Waals surface area (Å²) < 4.78 is 13.9. The first-order valence-electron chi connectivity index (χ1n) is 8.47. The number of carboxylic acids is 1. The second-order valence-corrected chi connectivity index (χ2v) is 6.97. The summed E-state index contributed by atoms with van der Waals surface area (Å²) >= 11 is 1.39. The van der Waals surface area contributed by atoms with E-state index in [4.69, 9.17) is 4.99 Å². The lowest BCUT2D eigenvalue weighted by Crippen LogP contribution is -2.35. The Morgan fingerprint density at radius 1 is 1.40 bits per heavy atom. The molecule has 3 rings (SSSR count). The first-order chi connectivity index (χ1) is 12.1. The van der Waals surface area contributed by atoms with Crippen LogP contribution in [0.2, 0.25) is 0 Å². The zero-order valence-electron chi connectivity index (χ0n) is 14.2. The number of benzene rings is 1. The van der Waals surface area contributed by atoms with E-state index in [0.29, 0.717) is 16.5 Å². The number of rotatable bonds is 5. The number of amidine groups is 1. The molecule has 1 aliphatic heterocycles. The fraction of sp³-hybridized carbons (Fsp3) is 0.368. The summed E-state index contributed by atoms with van der Waals surface area (Å²) in [5.74, 6) is -0.717. The molecule has 25 heavy (non-hydrogen) atoms. The van der Waals surface area contributed by atoms with Crippen LogP contribution >= 0.6 is 11.8 Å². The highest BCUT2D eigenvalue weighted by Crippen LogP contribution is 2.39. The first kappa shape index (κ1) is 17.7. The van der Waals surface area contributed by atoms with Crippen molar-refractivity contribution in [1.29, 1.82) is 0 Å². The number of hydrogen-bond acceptors (Lipinski definition) is 4. The van der Waals surface area contributed by atoms with Crippen molar-refractivity contribution in [2.24, 2.45) is 4.99 Å². The summed E-state index contributed by atoms with van der Waals surface area (Å²) in [5.41, 5.74) is 3.77. The average Bonchev–Trinajstić information content (AvgIpc) is 3.06. The second kappa shape index (κ2) is 7.87. The lowest BCUT2D eigenvalue weighted by Gasteiger charge is -2.30. The number of aliphatic imine (C=N–C) groups is 1. The molecule has 0 radical (unpaired) electrons. The molecule has 4 nitrogen and oxygen atoms in total. The molecule has 2 aliphatic rings. The number of halogens is 1. The Bertz CT molecular complexity index is 770. The van der Waals surface area contributed by atoms with E-state index in [-0.39, 0.29) is 12.4 Å². The van der Waals surface area contributed by atoms with Gasteiger partial charge in [-0.3, -0.25) is 4.79 Å². The molecule has 0 atom stereocenters.